The molecule has 1 N–H and O–H groups in total. The summed E-state index contributed by atoms with van der Waals surface area (Å²) in [6, 6.07) is 1.56. The highest BCUT2D eigenvalue weighted by molar-refractivity contribution is 5.92. The Kier molecular flexibility index (Phi) is 4.95. The Morgan fingerprint density at radius 2 is 2.05 bits per heavy atom. The Balaban J connectivity index is 1.75. The zero-order valence-corrected chi connectivity index (χ0v) is 12.6. The van der Waals surface area contributed by atoms with Crippen molar-refractivity contribution in [1.82, 2.24) is 15.4 Å². The molecule has 2 heterocycles. The summed E-state index contributed by atoms with van der Waals surface area (Å²) in [7, 11) is 0. The molecule has 1 aromatic rings. The normalized spacial score (nSPS) is 22.1. The first-order valence-electron chi connectivity index (χ1n) is 7.10. The Hall–Kier alpha value is -1.89. The van der Waals surface area contributed by atoms with Gasteiger partial charge in [0, 0.05) is 32.1 Å². The van der Waals surface area contributed by atoms with E-state index < -0.39 is 0 Å². The Morgan fingerprint density at radius 1 is 1.38 bits per heavy atom. The van der Waals surface area contributed by atoms with Crippen molar-refractivity contribution in [2.45, 2.75) is 39.4 Å². The number of carbonyl (C=O) groups excluding carboxylic acids is 2. The van der Waals surface area contributed by atoms with Gasteiger partial charge in [0.2, 0.25) is 5.91 Å². The number of amides is 2. The van der Waals surface area contributed by atoms with E-state index in [1.54, 1.807) is 17.9 Å². The molecule has 2 amide bonds. The maximum Gasteiger partial charge on any atom is 0.273 e. The number of hydrogen-bond donors (Lipinski definition) is 1. The first kappa shape index (κ1) is 15.5. The first-order chi connectivity index (χ1) is 9.95. The van der Waals surface area contributed by atoms with Crippen LogP contribution in [0.15, 0.2) is 10.6 Å². The zero-order valence-electron chi connectivity index (χ0n) is 12.6. The second-order valence-electron chi connectivity index (χ2n) is 5.38. The highest BCUT2D eigenvalue weighted by atomic mass is 16.5. The summed E-state index contributed by atoms with van der Waals surface area (Å²) in [6.45, 7) is 7.09. The predicted octanol–water partition coefficient (Wildman–Crippen LogP) is 0.739. The molecule has 0 spiro atoms. The summed E-state index contributed by atoms with van der Waals surface area (Å²) < 4.78 is 10.4. The molecular weight excluding hydrogens is 274 g/mol. The van der Waals surface area contributed by atoms with Crippen LogP contribution in [0.25, 0.3) is 0 Å². The summed E-state index contributed by atoms with van der Waals surface area (Å²) in [4.78, 5) is 25.6. The van der Waals surface area contributed by atoms with Crippen molar-refractivity contribution in [3.8, 4) is 0 Å². The number of morpholine rings is 1. The molecule has 1 aromatic heterocycles. The number of rotatable bonds is 4. The van der Waals surface area contributed by atoms with Crippen molar-refractivity contribution in [2.75, 3.05) is 19.6 Å². The third-order valence-electron chi connectivity index (χ3n) is 3.26. The molecule has 2 atom stereocenters. The Morgan fingerprint density at radius 3 is 2.62 bits per heavy atom. The molecule has 0 bridgehead atoms. The highest BCUT2D eigenvalue weighted by Gasteiger charge is 2.25. The summed E-state index contributed by atoms with van der Waals surface area (Å²) in [6.07, 6.45) is 0.359. The van der Waals surface area contributed by atoms with Crippen LogP contribution in [0.2, 0.25) is 0 Å². The van der Waals surface area contributed by atoms with Crippen molar-refractivity contribution >= 4 is 11.8 Å². The Bertz CT molecular complexity index is 504. The number of aryl methyl sites for hydroxylation is 1. The van der Waals surface area contributed by atoms with Gasteiger partial charge in [-0.3, -0.25) is 9.59 Å². The van der Waals surface area contributed by atoms with E-state index in [-0.39, 0.29) is 42.7 Å². The molecule has 0 aromatic carbocycles. The molecule has 2 rings (SSSR count). The lowest BCUT2D eigenvalue weighted by atomic mass is 10.2. The molecular formula is C14H21N3O4. The molecule has 1 saturated heterocycles. The summed E-state index contributed by atoms with van der Waals surface area (Å²) in [5.74, 6) is 0.268. The van der Waals surface area contributed by atoms with Gasteiger partial charge in [-0.1, -0.05) is 5.16 Å². The van der Waals surface area contributed by atoms with Crippen molar-refractivity contribution < 1.29 is 18.8 Å². The van der Waals surface area contributed by atoms with Crippen LogP contribution in [0.3, 0.4) is 0 Å². The van der Waals surface area contributed by atoms with Gasteiger partial charge in [-0.2, -0.15) is 0 Å². The number of aromatic nitrogens is 1. The van der Waals surface area contributed by atoms with Gasteiger partial charge in [0.15, 0.2) is 5.69 Å². The van der Waals surface area contributed by atoms with Crippen molar-refractivity contribution in [1.29, 1.82) is 0 Å². The first-order valence-corrected chi connectivity index (χ1v) is 7.10. The van der Waals surface area contributed by atoms with Gasteiger partial charge < -0.3 is 19.5 Å². The fraction of sp³-hybridized carbons (Fsp3) is 0.643. The maximum atomic E-state index is 12.1. The molecule has 1 aliphatic rings. The highest BCUT2D eigenvalue weighted by Crippen LogP contribution is 2.11. The van der Waals surface area contributed by atoms with E-state index in [4.69, 9.17) is 9.26 Å². The smallest absolute Gasteiger partial charge is 0.273 e. The minimum Gasteiger partial charge on any atom is -0.372 e. The van der Waals surface area contributed by atoms with Crippen LogP contribution in [0, 0.1) is 6.92 Å². The molecule has 1 fully saturated rings. The lowest BCUT2D eigenvalue weighted by Gasteiger charge is -2.35. The second kappa shape index (κ2) is 6.71. The van der Waals surface area contributed by atoms with E-state index in [1.807, 2.05) is 13.8 Å². The SMILES string of the molecule is Cc1cc(C(=O)NCCC(=O)N2C[C@H](C)O[C@@H](C)C2)no1. The maximum absolute atomic E-state index is 12.1. The van der Waals surface area contributed by atoms with Crippen LogP contribution >= 0.6 is 0 Å². The van der Waals surface area contributed by atoms with Crippen LogP contribution < -0.4 is 5.32 Å². The van der Waals surface area contributed by atoms with Crippen LogP contribution in [-0.4, -0.2) is 53.7 Å². The van der Waals surface area contributed by atoms with E-state index in [1.165, 1.54) is 0 Å². The topological polar surface area (TPSA) is 84.7 Å². The summed E-state index contributed by atoms with van der Waals surface area (Å²) in [5.41, 5.74) is 0.230. The number of hydrogen-bond acceptors (Lipinski definition) is 5. The van der Waals surface area contributed by atoms with Gasteiger partial charge in [0.05, 0.1) is 12.2 Å². The molecule has 116 valence electrons. The van der Waals surface area contributed by atoms with Crippen molar-refractivity contribution in [3.05, 3.63) is 17.5 Å². The van der Waals surface area contributed by atoms with Crippen LogP contribution in [0.4, 0.5) is 0 Å². The van der Waals surface area contributed by atoms with E-state index in [0.29, 0.717) is 18.8 Å². The number of carbonyl (C=O) groups is 2. The molecule has 0 radical (unpaired) electrons. The predicted molar refractivity (Wildman–Crippen MR) is 74.8 cm³/mol. The molecule has 1 aliphatic heterocycles. The van der Waals surface area contributed by atoms with E-state index in [0.717, 1.165) is 0 Å². The van der Waals surface area contributed by atoms with E-state index in [2.05, 4.69) is 10.5 Å². The zero-order chi connectivity index (χ0) is 15.4. The number of ether oxygens (including phenoxy) is 1. The molecule has 0 unspecified atom stereocenters. The molecule has 7 heteroatoms. The van der Waals surface area contributed by atoms with Crippen LogP contribution in [-0.2, 0) is 9.53 Å². The summed E-state index contributed by atoms with van der Waals surface area (Å²) >= 11 is 0. The fourth-order valence-electron chi connectivity index (χ4n) is 2.39. The van der Waals surface area contributed by atoms with Gasteiger partial charge in [0.1, 0.15) is 5.76 Å². The second-order valence-corrected chi connectivity index (χ2v) is 5.38. The lowest BCUT2D eigenvalue weighted by molar-refractivity contribution is -0.143. The van der Waals surface area contributed by atoms with Gasteiger partial charge in [-0.15, -0.1) is 0 Å². The average Bonchev–Trinajstić information content (AvgIpc) is 2.84. The summed E-state index contributed by atoms with van der Waals surface area (Å²) in [5, 5.41) is 6.29. The van der Waals surface area contributed by atoms with Gasteiger partial charge in [-0.05, 0) is 20.8 Å². The molecule has 7 nitrogen and oxygen atoms in total. The third kappa shape index (κ3) is 4.29. The monoisotopic (exact) mass is 295 g/mol. The minimum atomic E-state index is -0.330. The molecule has 0 saturated carbocycles. The molecule has 21 heavy (non-hydrogen) atoms. The Labute approximate surface area is 123 Å². The van der Waals surface area contributed by atoms with Crippen LogP contribution in [0.1, 0.15) is 36.5 Å². The van der Waals surface area contributed by atoms with E-state index >= 15 is 0 Å². The third-order valence-corrected chi connectivity index (χ3v) is 3.26. The minimum absolute atomic E-state index is 0.0219. The van der Waals surface area contributed by atoms with Crippen molar-refractivity contribution in [3.63, 3.8) is 0 Å². The molecule has 0 aliphatic carbocycles. The van der Waals surface area contributed by atoms with Crippen LogP contribution in [0.5, 0.6) is 0 Å². The largest absolute Gasteiger partial charge is 0.372 e. The quantitative estimate of drug-likeness (QED) is 0.885. The van der Waals surface area contributed by atoms with Gasteiger partial charge >= 0.3 is 0 Å². The van der Waals surface area contributed by atoms with E-state index in [9.17, 15) is 9.59 Å². The van der Waals surface area contributed by atoms with Gasteiger partial charge in [0.25, 0.3) is 5.91 Å². The van der Waals surface area contributed by atoms with Crippen molar-refractivity contribution in [2.24, 2.45) is 0 Å². The average molecular weight is 295 g/mol. The van der Waals surface area contributed by atoms with Gasteiger partial charge in [-0.25, -0.2) is 0 Å². The number of nitrogens with one attached hydrogen (secondary N) is 1. The number of nitrogens with zero attached hydrogens (tertiary/aromatic N) is 2. The fourth-order valence-corrected chi connectivity index (χ4v) is 2.39. The lowest BCUT2D eigenvalue weighted by Crippen LogP contribution is -2.48. The standard InChI is InChI=1S/C14H21N3O4/c1-9-6-12(16-21-9)14(19)15-5-4-13(18)17-7-10(2)20-11(3)8-17/h6,10-11H,4-5,7-8H2,1-3H3,(H,15,19)/t10-,11-/m0/s1.